The number of carboxylic acid groups (broad SMARTS) is 2. The van der Waals surface area contributed by atoms with Crippen LogP contribution in [0.4, 0.5) is 0 Å². The molecule has 0 saturated carbocycles. The number of benzene rings is 1. The van der Waals surface area contributed by atoms with E-state index >= 15 is 0 Å². The fourth-order valence-electron chi connectivity index (χ4n) is 4.00. The van der Waals surface area contributed by atoms with Gasteiger partial charge in [-0.3, -0.25) is 19.2 Å². The second kappa shape index (κ2) is 14.2. The van der Waals surface area contributed by atoms with Crippen LogP contribution in [0.25, 0.3) is 0 Å². The molecule has 0 aromatic heterocycles. The molecular weight excluding hydrogens is 484 g/mol. The van der Waals surface area contributed by atoms with Crippen LogP contribution in [0.1, 0.15) is 51.5 Å². The zero-order valence-corrected chi connectivity index (χ0v) is 21.0. The Morgan fingerprint density at radius 1 is 1.00 bits per heavy atom. The maximum absolute atomic E-state index is 13.2. The van der Waals surface area contributed by atoms with Gasteiger partial charge in [0.15, 0.2) is 0 Å². The van der Waals surface area contributed by atoms with Crippen LogP contribution in [-0.4, -0.2) is 75.7 Å². The molecule has 12 heteroatoms. The Kier molecular flexibility index (Phi) is 11.3. The number of phenolic OH excluding ortho intramolecular Hbond substituents is 1. The Bertz CT molecular complexity index is 962. The van der Waals surface area contributed by atoms with Crippen LogP contribution in [0.5, 0.6) is 5.75 Å². The number of carbonyl (C=O) groups excluding carboxylic acids is 3. The van der Waals surface area contributed by atoms with E-state index in [0.717, 1.165) is 6.42 Å². The summed E-state index contributed by atoms with van der Waals surface area (Å²) in [5, 5.41) is 38.9. The number of aromatic hydroxyl groups is 1. The molecule has 1 aliphatic heterocycles. The lowest BCUT2D eigenvalue weighted by Crippen LogP contribution is -2.58. The van der Waals surface area contributed by atoms with Gasteiger partial charge in [0, 0.05) is 12.8 Å². The summed E-state index contributed by atoms with van der Waals surface area (Å²) in [7, 11) is 0. The maximum Gasteiger partial charge on any atom is 0.326 e. The number of nitrogens with one attached hydrogen (secondary N) is 4. The minimum atomic E-state index is -1.23. The molecular formula is C25H36N4O8. The van der Waals surface area contributed by atoms with Crippen molar-refractivity contribution in [3.05, 3.63) is 29.8 Å². The van der Waals surface area contributed by atoms with E-state index in [9.17, 15) is 34.2 Å². The molecule has 3 amide bonds. The Hall–Kier alpha value is -3.67. The van der Waals surface area contributed by atoms with Gasteiger partial charge in [-0.25, -0.2) is 4.79 Å². The van der Waals surface area contributed by atoms with Gasteiger partial charge in [-0.15, -0.1) is 0 Å². The predicted molar refractivity (Wildman–Crippen MR) is 133 cm³/mol. The van der Waals surface area contributed by atoms with Crippen LogP contribution in [0.15, 0.2) is 24.3 Å². The number of carbonyl (C=O) groups is 5. The van der Waals surface area contributed by atoms with Crippen LogP contribution in [0.3, 0.4) is 0 Å². The van der Waals surface area contributed by atoms with Crippen molar-refractivity contribution in [1.29, 1.82) is 0 Å². The van der Waals surface area contributed by atoms with Gasteiger partial charge in [-0.2, -0.15) is 0 Å². The highest BCUT2D eigenvalue weighted by atomic mass is 16.4. The molecule has 37 heavy (non-hydrogen) atoms. The second-order valence-corrected chi connectivity index (χ2v) is 9.28. The molecule has 1 fully saturated rings. The second-order valence-electron chi connectivity index (χ2n) is 9.28. The smallest absolute Gasteiger partial charge is 0.326 e. The minimum Gasteiger partial charge on any atom is -0.508 e. The molecule has 0 aliphatic carbocycles. The Morgan fingerprint density at radius 3 is 2.19 bits per heavy atom. The van der Waals surface area contributed by atoms with Crippen molar-refractivity contribution in [3.63, 3.8) is 0 Å². The zero-order chi connectivity index (χ0) is 27.5. The molecule has 0 bridgehead atoms. The quantitative estimate of drug-likeness (QED) is 0.178. The van der Waals surface area contributed by atoms with E-state index in [4.69, 9.17) is 5.11 Å². The van der Waals surface area contributed by atoms with Crippen molar-refractivity contribution >= 4 is 29.7 Å². The summed E-state index contributed by atoms with van der Waals surface area (Å²) >= 11 is 0. The number of rotatable bonds is 14. The van der Waals surface area contributed by atoms with E-state index in [-0.39, 0.29) is 30.9 Å². The third kappa shape index (κ3) is 9.37. The monoisotopic (exact) mass is 520 g/mol. The molecule has 1 heterocycles. The van der Waals surface area contributed by atoms with Gasteiger partial charge in [0.1, 0.15) is 23.9 Å². The Labute approximate surface area is 215 Å². The average Bonchev–Trinajstić information content (AvgIpc) is 3.40. The third-order valence-corrected chi connectivity index (χ3v) is 6.44. The van der Waals surface area contributed by atoms with E-state index in [2.05, 4.69) is 21.3 Å². The van der Waals surface area contributed by atoms with Crippen molar-refractivity contribution in [3.8, 4) is 5.75 Å². The van der Waals surface area contributed by atoms with Gasteiger partial charge in [0.05, 0.1) is 6.04 Å². The summed E-state index contributed by atoms with van der Waals surface area (Å²) in [6, 6.07) is 1.81. The lowest BCUT2D eigenvalue weighted by Gasteiger charge is -2.26. The number of aliphatic carboxylic acids is 2. The first-order valence-electron chi connectivity index (χ1n) is 12.4. The molecule has 5 unspecified atom stereocenters. The molecule has 5 atom stereocenters. The first kappa shape index (κ1) is 29.6. The average molecular weight is 521 g/mol. The van der Waals surface area contributed by atoms with E-state index in [0.29, 0.717) is 24.9 Å². The molecule has 1 aromatic rings. The van der Waals surface area contributed by atoms with Crippen molar-refractivity contribution in [2.24, 2.45) is 5.92 Å². The summed E-state index contributed by atoms with van der Waals surface area (Å²) in [6.45, 7) is 4.12. The van der Waals surface area contributed by atoms with Crippen LogP contribution in [-0.2, 0) is 30.4 Å². The molecule has 7 N–H and O–H groups in total. The van der Waals surface area contributed by atoms with Gasteiger partial charge >= 0.3 is 11.9 Å². The largest absolute Gasteiger partial charge is 0.508 e. The SMILES string of the molecule is CCC(C)C(NC(=O)C(Cc1ccc(O)cc1)NC(=O)C(CCC(=O)O)NC(=O)C1CCCN1)C(=O)O. The van der Waals surface area contributed by atoms with Crippen molar-refractivity contribution in [2.75, 3.05) is 6.54 Å². The van der Waals surface area contributed by atoms with Gasteiger partial charge in [-0.05, 0) is 49.4 Å². The lowest BCUT2D eigenvalue weighted by atomic mass is 9.98. The van der Waals surface area contributed by atoms with Crippen molar-refractivity contribution in [1.82, 2.24) is 21.3 Å². The van der Waals surface area contributed by atoms with E-state index in [1.165, 1.54) is 12.1 Å². The first-order valence-corrected chi connectivity index (χ1v) is 12.4. The highest BCUT2D eigenvalue weighted by molar-refractivity contribution is 5.94. The summed E-state index contributed by atoms with van der Waals surface area (Å²) in [5.41, 5.74) is 0.579. The van der Waals surface area contributed by atoms with Crippen LogP contribution in [0, 0.1) is 5.92 Å². The first-order chi connectivity index (χ1) is 17.5. The molecule has 2 rings (SSSR count). The fourth-order valence-corrected chi connectivity index (χ4v) is 4.00. The summed E-state index contributed by atoms with van der Waals surface area (Å²) in [5.74, 6) is -4.68. The number of amides is 3. The highest BCUT2D eigenvalue weighted by Crippen LogP contribution is 2.14. The normalized spacial score (nSPS) is 18.2. The standard InChI is InChI=1S/C25H36N4O8/c1-3-14(2)21(25(36)37)29-24(35)19(13-15-6-8-16(30)9-7-15)28-23(34)18(10-11-20(31)32)27-22(33)17-5-4-12-26-17/h6-9,14,17-19,21,26,30H,3-5,10-13H2,1-2H3,(H,27,33)(H,28,34)(H,29,35)(H,31,32)(H,36,37). The van der Waals surface area contributed by atoms with Crippen molar-refractivity contribution in [2.45, 2.75) is 76.5 Å². The summed E-state index contributed by atoms with van der Waals surface area (Å²) < 4.78 is 0. The van der Waals surface area contributed by atoms with Crippen LogP contribution in [0.2, 0.25) is 0 Å². The zero-order valence-electron chi connectivity index (χ0n) is 21.0. The van der Waals surface area contributed by atoms with E-state index in [1.807, 2.05) is 0 Å². The molecule has 12 nitrogen and oxygen atoms in total. The molecule has 204 valence electrons. The van der Waals surface area contributed by atoms with E-state index < -0.39 is 53.8 Å². The van der Waals surface area contributed by atoms with Gasteiger partial charge in [-0.1, -0.05) is 32.4 Å². The van der Waals surface area contributed by atoms with E-state index in [1.54, 1.807) is 26.0 Å². The fraction of sp³-hybridized carbons (Fsp3) is 0.560. The summed E-state index contributed by atoms with van der Waals surface area (Å²) in [6.07, 6.45) is 1.24. The minimum absolute atomic E-state index is 0.00784. The lowest BCUT2D eigenvalue weighted by molar-refractivity contribution is -0.143. The molecule has 1 saturated heterocycles. The number of phenols is 1. The third-order valence-electron chi connectivity index (χ3n) is 6.44. The molecule has 1 aromatic carbocycles. The Morgan fingerprint density at radius 2 is 1.65 bits per heavy atom. The molecule has 0 radical (unpaired) electrons. The Balaban J connectivity index is 2.24. The van der Waals surface area contributed by atoms with Gasteiger partial charge < -0.3 is 36.6 Å². The van der Waals surface area contributed by atoms with Crippen molar-refractivity contribution < 1.29 is 39.3 Å². The molecule has 0 spiro atoms. The predicted octanol–water partition coefficient (Wildman–Crippen LogP) is 0.137. The van der Waals surface area contributed by atoms with Crippen LogP contribution >= 0.6 is 0 Å². The van der Waals surface area contributed by atoms with Crippen LogP contribution < -0.4 is 21.3 Å². The number of hydrogen-bond donors (Lipinski definition) is 7. The molecule has 1 aliphatic rings. The highest BCUT2D eigenvalue weighted by Gasteiger charge is 2.33. The summed E-state index contributed by atoms with van der Waals surface area (Å²) in [4.78, 5) is 61.9. The maximum atomic E-state index is 13.2. The van der Waals surface area contributed by atoms with Gasteiger partial charge in [0.25, 0.3) is 0 Å². The number of hydrogen-bond acceptors (Lipinski definition) is 7. The number of carboxylic acids is 2. The van der Waals surface area contributed by atoms with Gasteiger partial charge in [0.2, 0.25) is 17.7 Å². The topological polar surface area (TPSA) is 194 Å².